The number of hydrogen-bond acceptors (Lipinski definition) is 2. The van der Waals surface area contributed by atoms with E-state index in [1.807, 2.05) is 0 Å². The minimum Gasteiger partial charge on any atom is -0.359 e. The zero-order valence-corrected chi connectivity index (χ0v) is 19.8. The van der Waals surface area contributed by atoms with Crippen LogP contribution < -0.4 is 0 Å². The third-order valence-corrected chi connectivity index (χ3v) is 6.43. The van der Waals surface area contributed by atoms with Gasteiger partial charge < -0.3 is 9.80 Å². The molecule has 2 nitrogen and oxygen atoms in total. The monoisotopic (exact) mass is 392 g/mol. The molecule has 0 N–H and O–H groups in total. The Morgan fingerprint density at radius 2 is 0.964 bits per heavy atom. The van der Waals surface area contributed by atoms with Gasteiger partial charge in [0.1, 0.15) is 6.17 Å². The minimum atomic E-state index is 0.624. The van der Waals surface area contributed by atoms with Gasteiger partial charge in [-0.3, -0.25) is 0 Å². The van der Waals surface area contributed by atoms with Gasteiger partial charge in [-0.25, -0.2) is 0 Å². The molecule has 0 spiro atoms. The molecule has 1 heterocycles. The molecule has 1 atom stereocenters. The summed E-state index contributed by atoms with van der Waals surface area (Å²) in [4.78, 5) is 5.01. The first-order chi connectivity index (χ1) is 13.8. The fraction of sp³-hybridized carbons (Fsp3) is 0.923. The fourth-order valence-electron chi connectivity index (χ4n) is 4.46. The Morgan fingerprint density at radius 1 is 0.536 bits per heavy atom. The van der Waals surface area contributed by atoms with Gasteiger partial charge in [0.2, 0.25) is 0 Å². The molecule has 0 aromatic rings. The Kier molecular flexibility index (Phi) is 16.7. The summed E-state index contributed by atoms with van der Waals surface area (Å²) in [6.07, 6.45) is 32.2. The van der Waals surface area contributed by atoms with Gasteiger partial charge in [0, 0.05) is 26.0 Å². The Bertz CT molecular complexity index is 352. The third-order valence-electron chi connectivity index (χ3n) is 6.43. The summed E-state index contributed by atoms with van der Waals surface area (Å²) in [7, 11) is 2.25. The van der Waals surface area contributed by atoms with E-state index in [0.717, 1.165) is 0 Å². The van der Waals surface area contributed by atoms with E-state index in [0.29, 0.717) is 6.17 Å². The average Bonchev–Trinajstić information content (AvgIpc) is 3.05. The van der Waals surface area contributed by atoms with Gasteiger partial charge >= 0.3 is 0 Å². The highest BCUT2D eigenvalue weighted by Crippen LogP contribution is 2.21. The van der Waals surface area contributed by atoms with Crippen molar-refractivity contribution in [2.45, 2.75) is 142 Å². The maximum Gasteiger partial charge on any atom is 0.100 e. The molecule has 0 saturated heterocycles. The summed E-state index contributed by atoms with van der Waals surface area (Å²) in [5, 5.41) is 0. The van der Waals surface area contributed by atoms with Crippen LogP contribution in [0.2, 0.25) is 0 Å². The van der Waals surface area contributed by atoms with Crippen LogP contribution in [0.1, 0.15) is 136 Å². The zero-order valence-electron chi connectivity index (χ0n) is 19.8. The molecule has 1 rings (SSSR count). The molecule has 0 amide bonds. The number of unbranched alkanes of at least 4 members (excludes halogenated alkanes) is 16. The Morgan fingerprint density at radius 3 is 1.46 bits per heavy atom. The molecule has 0 saturated carbocycles. The predicted molar refractivity (Wildman–Crippen MR) is 126 cm³/mol. The largest absolute Gasteiger partial charge is 0.359 e. The quantitative estimate of drug-likeness (QED) is 0.192. The molecule has 0 bridgehead atoms. The highest BCUT2D eigenvalue weighted by Gasteiger charge is 2.22. The second kappa shape index (κ2) is 18.4. The van der Waals surface area contributed by atoms with E-state index in [2.05, 4.69) is 43.1 Å². The van der Waals surface area contributed by atoms with Crippen LogP contribution in [0.15, 0.2) is 12.4 Å². The first kappa shape index (κ1) is 25.4. The molecule has 28 heavy (non-hydrogen) atoms. The van der Waals surface area contributed by atoms with Crippen molar-refractivity contribution >= 4 is 0 Å². The van der Waals surface area contributed by atoms with E-state index >= 15 is 0 Å². The smallest absolute Gasteiger partial charge is 0.100 e. The van der Waals surface area contributed by atoms with E-state index < -0.39 is 0 Å². The van der Waals surface area contributed by atoms with Crippen LogP contribution in [0.5, 0.6) is 0 Å². The fourth-order valence-corrected chi connectivity index (χ4v) is 4.46. The second-order valence-electron chi connectivity index (χ2n) is 9.13. The van der Waals surface area contributed by atoms with Crippen molar-refractivity contribution in [2.24, 2.45) is 0 Å². The van der Waals surface area contributed by atoms with Gasteiger partial charge in [0.15, 0.2) is 0 Å². The summed E-state index contributed by atoms with van der Waals surface area (Å²) >= 11 is 0. The van der Waals surface area contributed by atoms with E-state index in [-0.39, 0.29) is 0 Å². The first-order valence-electron chi connectivity index (χ1n) is 13.0. The maximum absolute atomic E-state index is 2.60. The van der Waals surface area contributed by atoms with Crippen molar-refractivity contribution in [1.82, 2.24) is 9.80 Å². The van der Waals surface area contributed by atoms with E-state index in [1.54, 1.807) is 0 Å². The predicted octanol–water partition coefficient (Wildman–Crippen LogP) is 8.48. The topological polar surface area (TPSA) is 6.48 Å². The number of rotatable bonds is 20. The lowest BCUT2D eigenvalue weighted by atomic mass is 10.0. The highest BCUT2D eigenvalue weighted by molar-refractivity contribution is 4.95. The molecule has 166 valence electrons. The zero-order chi connectivity index (χ0) is 20.3. The van der Waals surface area contributed by atoms with Crippen molar-refractivity contribution in [3.63, 3.8) is 0 Å². The van der Waals surface area contributed by atoms with Crippen molar-refractivity contribution in [1.29, 1.82) is 0 Å². The van der Waals surface area contributed by atoms with Crippen LogP contribution in [0.3, 0.4) is 0 Å². The summed E-state index contributed by atoms with van der Waals surface area (Å²) in [5.74, 6) is 0. The highest BCUT2D eigenvalue weighted by atomic mass is 15.4. The molecule has 0 aromatic heterocycles. The van der Waals surface area contributed by atoms with Gasteiger partial charge in [-0.05, 0) is 19.3 Å². The maximum atomic E-state index is 2.60. The molecule has 0 aromatic carbocycles. The Labute approximate surface area is 178 Å². The van der Waals surface area contributed by atoms with Crippen LogP contribution in [-0.2, 0) is 0 Å². The van der Waals surface area contributed by atoms with Crippen LogP contribution in [0, 0.1) is 0 Å². The first-order valence-corrected chi connectivity index (χ1v) is 13.0. The molecule has 0 radical (unpaired) electrons. The summed E-state index contributed by atoms with van der Waals surface area (Å²) < 4.78 is 0. The average molecular weight is 393 g/mol. The normalized spacial score (nSPS) is 16.5. The standard InChI is InChI=1S/C26H52N2/c1-4-6-8-10-11-12-13-14-15-16-17-19-21-23-28-25-24-27(3)26(28)22-20-18-9-7-5-2/h24-26H,4-23H2,1-3H3. The van der Waals surface area contributed by atoms with Gasteiger partial charge in [0.05, 0.1) is 0 Å². The summed E-state index contributed by atoms with van der Waals surface area (Å²) in [6, 6.07) is 0. The Balaban J connectivity index is 1.92. The lowest BCUT2D eigenvalue weighted by Gasteiger charge is -2.30. The van der Waals surface area contributed by atoms with Gasteiger partial charge in [-0.2, -0.15) is 0 Å². The van der Waals surface area contributed by atoms with Crippen LogP contribution >= 0.6 is 0 Å². The van der Waals surface area contributed by atoms with Crippen molar-refractivity contribution in [3.8, 4) is 0 Å². The van der Waals surface area contributed by atoms with Crippen molar-refractivity contribution in [3.05, 3.63) is 12.4 Å². The van der Waals surface area contributed by atoms with Crippen LogP contribution in [0.4, 0.5) is 0 Å². The van der Waals surface area contributed by atoms with Crippen molar-refractivity contribution < 1.29 is 0 Å². The summed E-state index contributed by atoms with van der Waals surface area (Å²) in [5.41, 5.74) is 0. The Hall–Kier alpha value is -0.660. The molecule has 0 aliphatic carbocycles. The van der Waals surface area contributed by atoms with E-state index in [4.69, 9.17) is 0 Å². The van der Waals surface area contributed by atoms with Gasteiger partial charge in [-0.1, -0.05) is 117 Å². The lowest BCUT2D eigenvalue weighted by Crippen LogP contribution is -2.37. The SMILES string of the molecule is CCCCCCCCCCCCCCCN1C=CN(C)C1CCCCCCC. The number of hydrogen-bond donors (Lipinski definition) is 0. The van der Waals surface area contributed by atoms with Crippen LogP contribution in [0.25, 0.3) is 0 Å². The van der Waals surface area contributed by atoms with Gasteiger partial charge in [-0.15, -0.1) is 0 Å². The summed E-state index contributed by atoms with van der Waals surface area (Å²) in [6.45, 7) is 5.85. The molecule has 2 heteroatoms. The molecule has 1 unspecified atom stereocenters. The molecule has 0 fully saturated rings. The second-order valence-corrected chi connectivity index (χ2v) is 9.13. The number of nitrogens with zero attached hydrogens (tertiary/aromatic N) is 2. The van der Waals surface area contributed by atoms with Crippen molar-refractivity contribution in [2.75, 3.05) is 13.6 Å². The lowest BCUT2D eigenvalue weighted by molar-refractivity contribution is 0.159. The molecule has 1 aliphatic heterocycles. The molecular formula is C26H52N2. The van der Waals surface area contributed by atoms with Gasteiger partial charge in [0.25, 0.3) is 0 Å². The van der Waals surface area contributed by atoms with Crippen LogP contribution in [-0.4, -0.2) is 29.6 Å². The van der Waals surface area contributed by atoms with E-state index in [9.17, 15) is 0 Å². The molecule has 1 aliphatic rings. The van der Waals surface area contributed by atoms with E-state index in [1.165, 1.54) is 129 Å². The molecular weight excluding hydrogens is 340 g/mol. The minimum absolute atomic E-state index is 0.624. The third kappa shape index (κ3) is 12.7.